The van der Waals surface area contributed by atoms with Gasteiger partial charge in [0.2, 0.25) is 5.82 Å². The fourth-order valence-corrected chi connectivity index (χ4v) is 1.99. The SMILES string of the molecule is Cc1cccnc1CCNc1nccc(C)c1[N+](=O)[O-]. The van der Waals surface area contributed by atoms with Crippen molar-refractivity contribution in [2.24, 2.45) is 0 Å². The summed E-state index contributed by atoms with van der Waals surface area (Å²) in [4.78, 5) is 19.0. The molecule has 1 N–H and O–H groups in total. The highest BCUT2D eigenvalue weighted by atomic mass is 16.6. The molecule has 6 nitrogen and oxygen atoms in total. The van der Waals surface area contributed by atoms with Gasteiger partial charge in [0.25, 0.3) is 0 Å². The van der Waals surface area contributed by atoms with Gasteiger partial charge >= 0.3 is 5.69 Å². The fraction of sp³-hybridized carbons (Fsp3) is 0.286. The zero-order chi connectivity index (χ0) is 14.5. The quantitative estimate of drug-likeness (QED) is 0.668. The summed E-state index contributed by atoms with van der Waals surface area (Å²) in [6.07, 6.45) is 4.01. The summed E-state index contributed by atoms with van der Waals surface area (Å²) in [6.45, 7) is 4.25. The Morgan fingerprint density at radius 2 is 2.00 bits per heavy atom. The number of anilines is 1. The van der Waals surface area contributed by atoms with Gasteiger partial charge in [-0.05, 0) is 31.5 Å². The molecule has 2 rings (SSSR count). The number of rotatable bonds is 5. The molecule has 0 spiro atoms. The molecule has 0 saturated carbocycles. The predicted molar refractivity (Wildman–Crippen MR) is 76.8 cm³/mol. The zero-order valence-electron chi connectivity index (χ0n) is 11.5. The van der Waals surface area contributed by atoms with Crippen molar-refractivity contribution in [3.8, 4) is 0 Å². The molecule has 0 aliphatic heterocycles. The first-order valence-electron chi connectivity index (χ1n) is 6.34. The van der Waals surface area contributed by atoms with Crippen LogP contribution in [0.2, 0.25) is 0 Å². The molecule has 0 aliphatic rings. The molecule has 6 heteroatoms. The molecular weight excluding hydrogens is 256 g/mol. The Labute approximate surface area is 117 Å². The van der Waals surface area contributed by atoms with Gasteiger partial charge in [-0.1, -0.05) is 6.07 Å². The molecule has 0 fully saturated rings. The lowest BCUT2D eigenvalue weighted by Gasteiger charge is -2.08. The summed E-state index contributed by atoms with van der Waals surface area (Å²) in [7, 11) is 0. The van der Waals surface area contributed by atoms with Crippen LogP contribution in [-0.2, 0) is 6.42 Å². The van der Waals surface area contributed by atoms with Crippen LogP contribution in [0.4, 0.5) is 11.5 Å². The lowest BCUT2D eigenvalue weighted by molar-refractivity contribution is -0.384. The van der Waals surface area contributed by atoms with E-state index in [-0.39, 0.29) is 5.69 Å². The van der Waals surface area contributed by atoms with Crippen molar-refractivity contribution in [1.82, 2.24) is 9.97 Å². The summed E-state index contributed by atoms with van der Waals surface area (Å²) >= 11 is 0. The molecule has 0 radical (unpaired) electrons. The Morgan fingerprint density at radius 1 is 1.20 bits per heavy atom. The van der Waals surface area contributed by atoms with Gasteiger partial charge < -0.3 is 5.32 Å². The van der Waals surface area contributed by atoms with Gasteiger partial charge in [-0.2, -0.15) is 0 Å². The Bertz CT molecular complexity index is 628. The van der Waals surface area contributed by atoms with Gasteiger partial charge in [-0.3, -0.25) is 15.1 Å². The molecule has 0 aromatic carbocycles. The molecule has 0 saturated heterocycles. The molecule has 2 aromatic heterocycles. The minimum absolute atomic E-state index is 0.0326. The number of aromatic nitrogens is 2. The van der Waals surface area contributed by atoms with Gasteiger partial charge in [-0.25, -0.2) is 4.98 Å². The molecule has 2 aromatic rings. The first-order valence-corrected chi connectivity index (χ1v) is 6.34. The van der Waals surface area contributed by atoms with E-state index in [2.05, 4.69) is 15.3 Å². The number of aryl methyl sites for hydroxylation is 2. The number of hydrogen-bond acceptors (Lipinski definition) is 5. The number of nitrogens with one attached hydrogen (secondary N) is 1. The van der Waals surface area contributed by atoms with E-state index < -0.39 is 4.92 Å². The molecule has 0 unspecified atom stereocenters. The van der Waals surface area contributed by atoms with Crippen molar-refractivity contribution in [3.63, 3.8) is 0 Å². The van der Waals surface area contributed by atoms with E-state index >= 15 is 0 Å². The maximum absolute atomic E-state index is 11.0. The number of hydrogen-bond donors (Lipinski definition) is 1. The van der Waals surface area contributed by atoms with Crippen molar-refractivity contribution in [1.29, 1.82) is 0 Å². The van der Waals surface area contributed by atoms with Crippen molar-refractivity contribution < 1.29 is 4.92 Å². The molecule has 2 heterocycles. The largest absolute Gasteiger partial charge is 0.364 e. The van der Waals surface area contributed by atoms with Crippen LogP contribution in [0.15, 0.2) is 30.6 Å². The summed E-state index contributed by atoms with van der Waals surface area (Å²) in [5.74, 6) is 0.309. The van der Waals surface area contributed by atoms with Gasteiger partial charge in [0.1, 0.15) is 0 Å². The smallest absolute Gasteiger partial charge is 0.314 e. The third kappa shape index (κ3) is 3.09. The average Bonchev–Trinajstić information content (AvgIpc) is 2.40. The minimum Gasteiger partial charge on any atom is -0.364 e. The molecule has 0 aliphatic carbocycles. The highest BCUT2D eigenvalue weighted by Crippen LogP contribution is 2.25. The van der Waals surface area contributed by atoms with E-state index in [4.69, 9.17) is 0 Å². The second-order valence-electron chi connectivity index (χ2n) is 4.53. The van der Waals surface area contributed by atoms with E-state index in [1.807, 2.05) is 19.1 Å². The normalized spacial score (nSPS) is 10.3. The first-order chi connectivity index (χ1) is 9.59. The van der Waals surface area contributed by atoms with E-state index in [1.54, 1.807) is 25.4 Å². The molecule has 0 amide bonds. The van der Waals surface area contributed by atoms with Gasteiger partial charge in [0.15, 0.2) is 0 Å². The van der Waals surface area contributed by atoms with E-state index in [9.17, 15) is 10.1 Å². The topological polar surface area (TPSA) is 81.0 Å². The van der Waals surface area contributed by atoms with Crippen molar-refractivity contribution in [2.45, 2.75) is 20.3 Å². The zero-order valence-corrected chi connectivity index (χ0v) is 11.5. The average molecular weight is 272 g/mol. The van der Waals surface area contributed by atoms with E-state index in [0.717, 1.165) is 11.3 Å². The Hall–Kier alpha value is -2.50. The predicted octanol–water partition coefficient (Wildman–Crippen LogP) is 2.66. The Balaban J connectivity index is 2.07. The van der Waals surface area contributed by atoms with Crippen LogP contribution in [0.25, 0.3) is 0 Å². The van der Waals surface area contributed by atoms with Crippen LogP contribution in [0, 0.1) is 24.0 Å². The standard InChI is InChI=1S/C14H16N4O2/c1-10-4-3-7-15-12(10)6-9-17-14-13(18(19)20)11(2)5-8-16-14/h3-5,7-8H,6,9H2,1-2H3,(H,16,17). The maximum atomic E-state index is 11.0. The van der Waals surface area contributed by atoms with Crippen molar-refractivity contribution in [3.05, 3.63) is 57.5 Å². The van der Waals surface area contributed by atoms with Crippen LogP contribution < -0.4 is 5.32 Å². The van der Waals surface area contributed by atoms with Crippen LogP contribution in [-0.4, -0.2) is 21.4 Å². The van der Waals surface area contributed by atoms with Crippen LogP contribution in [0.1, 0.15) is 16.8 Å². The molecular formula is C14H16N4O2. The molecule has 0 bridgehead atoms. The number of nitro groups is 1. The summed E-state index contributed by atoms with van der Waals surface area (Å²) in [5, 5.41) is 14.1. The van der Waals surface area contributed by atoms with Gasteiger partial charge in [-0.15, -0.1) is 0 Å². The Kier molecular flexibility index (Phi) is 4.24. The number of pyridine rings is 2. The molecule has 104 valence electrons. The van der Waals surface area contributed by atoms with Gasteiger partial charge in [0, 0.05) is 36.6 Å². The third-order valence-electron chi connectivity index (χ3n) is 3.08. The highest BCUT2D eigenvalue weighted by molar-refractivity contribution is 5.59. The first kappa shape index (κ1) is 13.9. The Morgan fingerprint density at radius 3 is 2.70 bits per heavy atom. The van der Waals surface area contributed by atoms with Gasteiger partial charge in [0.05, 0.1) is 4.92 Å². The summed E-state index contributed by atoms with van der Waals surface area (Å²) in [5.41, 5.74) is 2.73. The molecule has 20 heavy (non-hydrogen) atoms. The second kappa shape index (κ2) is 6.10. The van der Waals surface area contributed by atoms with E-state index in [1.165, 1.54) is 0 Å². The molecule has 0 atom stereocenters. The summed E-state index contributed by atoms with van der Waals surface area (Å²) < 4.78 is 0. The highest BCUT2D eigenvalue weighted by Gasteiger charge is 2.17. The van der Waals surface area contributed by atoms with Crippen molar-refractivity contribution in [2.75, 3.05) is 11.9 Å². The summed E-state index contributed by atoms with van der Waals surface area (Å²) in [6, 6.07) is 5.52. The van der Waals surface area contributed by atoms with Crippen molar-refractivity contribution >= 4 is 11.5 Å². The minimum atomic E-state index is -0.406. The third-order valence-corrected chi connectivity index (χ3v) is 3.08. The van der Waals surface area contributed by atoms with Crippen LogP contribution >= 0.6 is 0 Å². The van der Waals surface area contributed by atoms with E-state index in [0.29, 0.717) is 24.3 Å². The second-order valence-corrected chi connectivity index (χ2v) is 4.53. The maximum Gasteiger partial charge on any atom is 0.314 e. The lowest BCUT2D eigenvalue weighted by atomic mass is 10.1. The number of nitrogens with zero attached hydrogens (tertiary/aromatic N) is 3. The van der Waals surface area contributed by atoms with Crippen LogP contribution in [0.3, 0.4) is 0 Å². The lowest BCUT2D eigenvalue weighted by Crippen LogP contribution is -2.10. The van der Waals surface area contributed by atoms with Crippen LogP contribution in [0.5, 0.6) is 0 Å². The monoisotopic (exact) mass is 272 g/mol. The fourth-order valence-electron chi connectivity index (χ4n) is 1.99.